The maximum atomic E-state index is 14.3. The van der Waals surface area contributed by atoms with Crippen LogP contribution in [0, 0.1) is 11.3 Å². The summed E-state index contributed by atoms with van der Waals surface area (Å²) in [6.07, 6.45) is 4.38. The predicted molar refractivity (Wildman–Crippen MR) is 138 cm³/mol. The average molecular weight is 521 g/mol. The largest absolute Gasteiger partial charge is 0.389 e. The molecule has 1 unspecified atom stereocenters. The van der Waals surface area contributed by atoms with Gasteiger partial charge in [0.25, 0.3) is 5.91 Å². The second-order valence-corrected chi connectivity index (χ2v) is 10.2. The second kappa shape index (κ2) is 10.2. The third-order valence-corrected chi connectivity index (χ3v) is 5.71. The van der Waals surface area contributed by atoms with Crippen LogP contribution in [0.1, 0.15) is 43.6 Å². The minimum atomic E-state index is -1.67. The fraction of sp³-hybridized carbons (Fsp3) is 0.346. The lowest BCUT2D eigenvalue weighted by atomic mass is 10.0. The highest BCUT2D eigenvalue weighted by Gasteiger charge is 2.27. The molecule has 4 heterocycles. The fourth-order valence-corrected chi connectivity index (χ4v) is 3.73. The molecule has 0 saturated heterocycles. The van der Waals surface area contributed by atoms with Crippen LogP contribution in [0.2, 0.25) is 0 Å². The number of hydrogen-bond donors (Lipinski definition) is 4. The quantitative estimate of drug-likeness (QED) is 0.263. The van der Waals surface area contributed by atoms with Crippen LogP contribution in [0.5, 0.6) is 0 Å². The maximum Gasteiger partial charge on any atom is 0.255 e. The predicted octanol–water partition coefficient (Wildman–Crippen LogP) is 2.82. The lowest BCUT2D eigenvalue weighted by Gasteiger charge is -2.22. The number of carbonyl (C=O) groups is 1. The number of amides is 1. The molecular formula is C26H29FN8O3. The van der Waals surface area contributed by atoms with Crippen LogP contribution in [-0.2, 0) is 6.54 Å². The Bertz CT molecular complexity index is 1510. The Kier molecular flexibility index (Phi) is 7.17. The van der Waals surface area contributed by atoms with Crippen molar-refractivity contribution in [1.29, 1.82) is 5.26 Å². The SMILES string of the molecule is CC(C)(O)Cn1cc(Nc2cc(-c3ccc4cc(C#N)cnn34)ncc2C(=O)NCC(F)C(C)(C)O)cn1. The molecule has 4 aromatic heterocycles. The molecule has 4 rings (SSSR count). The first-order chi connectivity index (χ1) is 17.8. The standard InChI is InChI=1S/C26H29FN8O3/c1-25(2,37)15-34-14-17(11-31-34)33-20-8-21(22-6-5-18-7-16(9-28)10-32-35(18)22)29-12-19(20)24(36)30-13-23(27)26(3,4)38/h5-8,10-12,14,23,37-38H,13,15H2,1-4H3,(H,29,33)(H,30,36). The summed E-state index contributed by atoms with van der Waals surface area (Å²) in [5.74, 6) is -0.584. The zero-order valence-corrected chi connectivity index (χ0v) is 21.5. The number of pyridine rings is 1. The van der Waals surface area contributed by atoms with E-state index in [1.165, 1.54) is 26.2 Å². The number of aromatic nitrogens is 5. The van der Waals surface area contributed by atoms with Crippen LogP contribution < -0.4 is 10.6 Å². The molecule has 38 heavy (non-hydrogen) atoms. The molecule has 1 atom stereocenters. The number of aliphatic hydroxyl groups is 2. The Labute approximate surface area is 218 Å². The van der Waals surface area contributed by atoms with Gasteiger partial charge in [-0.1, -0.05) is 0 Å². The topological polar surface area (TPSA) is 153 Å². The second-order valence-electron chi connectivity index (χ2n) is 10.2. The molecule has 0 fully saturated rings. The number of halogens is 1. The van der Waals surface area contributed by atoms with E-state index >= 15 is 0 Å². The van der Waals surface area contributed by atoms with Gasteiger partial charge in [-0.15, -0.1) is 0 Å². The number of anilines is 2. The van der Waals surface area contributed by atoms with Crippen molar-refractivity contribution < 1.29 is 19.4 Å². The van der Waals surface area contributed by atoms with Gasteiger partial charge in [0.15, 0.2) is 0 Å². The summed E-state index contributed by atoms with van der Waals surface area (Å²) in [4.78, 5) is 17.5. The van der Waals surface area contributed by atoms with Crippen molar-refractivity contribution in [1.82, 2.24) is 29.7 Å². The molecule has 0 bridgehead atoms. The summed E-state index contributed by atoms with van der Waals surface area (Å²) < 4.78 is 17.5. The van der Waals surface area contributed by atoms with E-state index in [1.807, 2.05) is 0 Å². The highest BCUT2D eigenvalue weighted by molar-refractivity contribution is 6.00. The minimum absolute atomic E-state index is 0.146. The first-order valence-corrected chi connectivity index (χ1v) is 11.9. The monoisotopic (exact) mass is 520 g/mol. The van der Waals surface area contributed by atoms with Crippen LogP contribution in [0.25, 0.3) is 16.9 Å². The van der Waals surface area contributed by atoms with Gasteiger partial charge < -0.3 is 20.8 Å². The maximum absolute atomic E-state index is 14.3. The average Bonchev–Trinajstić information content (AvgIpc) is 3.46. The summed E-state index contributed by atoms with van der Waals surface area (Å²) >= 11 is 0. The van der Waals surface area contributed by atoms with E-state index in [9.17, 15) is 19.4 Å². The number of alkyl halides is 1. The smallest absolute Gasteiger partial charge is 0.255 e. The molecular weight excluding hydrogens is 491 g/mol. The summed E-state index contributed by atoms with van der Waals surface area (Å²) in [5, 5.41) is 43.3. The third-order valence-electron chi connectivity index (χ3n) is 5.71. The highest BCUT2D eigenvalue weighted by atomic mass is 19.1. The number of hydrogen-bond acceptors (Lipinski definition) is 8. The van der Waals surface area contributed by atoms with E-state index in [2.05, 4.69) is 31.9 Å². The summed E-state index contributed by atoms with van der Waals surface area (Å²) in [7, 11) is 0. The van der Waals surface area contributed by atoms with Crippen molar-refractivity contribution >= 4 is 22.8 Å². The number of nitriles is 1. The van der Waals surface area contributed by atoms with Crippen molar-refractivity contribution in [3.05, 3.63) is 60.2 Å². The van der Waals surface area contributed by atoms with Gasteiger partial charge in [-0.25, -0.2) is 8.91 Å². The molecule has 4 N–H and O–H groups in total. The molecule has 4 aromatic rings. The van der Waals surface area contributed by atoms with Crippen LogP contribution in [-0.4, -0.2) is 64.4 Å². The zero-order valence-electron chi connectivity index (χ0n) is 21.5. The lowest BCUT2D eigenvalue weighted by Crippen LogP contribution is -2.42. The molecule has 0 saturated carbocycles. The molecule has 0 spiro atoms. The van der Waals surface area contributed by atoms with Crippen LogP contribution >= 0.6 is 0 Å². The van der Waals surface area contributed by atoms with Crippen molar-refractivity contribution in [2.24, 2.45) is 0 Å². The van der Waals surface area contributed by atoms with Gasteiger partial charge in [0.2, 0.25) is 0 Å². The van der Waals surface area contributed by atoms with Crippen LogP contribution in [0.3, 0.4) is 0 Å². The molecule has 0 radical (unpaired) electrons. The first-order valence-electron chi connectivity index (χ1n) is 11.9. The van der Waals surface area contributed by atoms with Crippen molar-refractivity contribution in [2.45, 2.75) is 51.6 Å². The van der Waals surface area contributed by atoms with Gasteiger partial charge in [-0.2, -0.15) is 15.5 Å². The summed E-state index contributed by atoms with van der Waals surface area (Å²) in [6.45, 7) is 5.86. The molecule has 198 valence electrons. The van der Waals surface area contributed by atoms with Gasteiger partial charge in [-0.3, -0.25) is 14.5 Å². The summed E-state index contributed by atoms with van der Waals surface area (Å²) in [5.41, 5.74) is 0.724. The normalized spacial score (nSPS) is 12.8. The fourth-order valence-electron chi connectivity index (χ4n) is 3.73. The molecule has 0 aromatic carbocycles. The number of nitrogens with zero attached hydrogens (tertiary/aromatic N) is 6. The minimum Gasteiger partial charge on any atom is -0.389 e. The van der Waals surface area contributed by atoms with Crippen LogP contribution in [0.4, 0.5) is 15.8 Å². The number of rotatable bonds is 9. The van der Waals surface area contributed by atoms with E-state index in [0.717, 1.165) is 0 Å². The van der Waals surface area contributed by atoms with Crippen molar-refractivity contribution in [3.8, 4) is 17.5 Å². The molecule has 12 heteroatoms. The first kappa shape index (κ1) is 26.7. The van der Waals surface area contributed by atoms with Crippen molar-refractivity contribution in [3.63, 3.8) is 0 Å². The highest BCUT2D eigenvalue weighted by Crippen LogP contribution is 2.28. The van der Waals surface area contributed by atoms with E-state index < -0.39 is 23.3 Å². The van der Waals surface area contributed by atoms with Gasteiger partial charge in [0.1, 0.15) is 12.2 Å². The summed E-state index contributed by atoms with van der Waals surface area (Å²) in [6, 6.07) is 9.02. The molecule has 0 aliphatic rings. The Morgan fingerprint density at radius 2 is 1.92 bits per heavy atom. The van der Waals surface area contributed by atoms with Gasteiger partial charge in [0.05, 0.1) is 76.1 Å². The molecule has 11 nitrogen and oxygen atoms in total. The Hall–Kier alpha value is -4.34. The van der Waals surface area contributed by atoms with Gasteiger partial charge in [0, 0.05) is 12.4 Å². The Balaban J connectivity index is 1.69. The Morgan fingerprint density at radius 1 is 1.16 bits per heavy atom. The Morgan fingerprint density at radius 3 is 2.61 bits per heavy atom. The van der Waals surface area contributed by atoms with E-state index in [4.69, 9.17) is 5.26 Å². The van der Waals surface area contributed by atoms with Gasteiger partial charge >= 0.3 is 0 Å². The van der Waals surface area contributed by atoms with Crippen LogP contribution in [0.15, 0.2) is 49.1 Å². The van der Waals surface area contributed by atoms with Gasteiger partial charge in [-0.05, 0) is 52.0 Å². The van der Waals surface area contributed by atoms with E-state index in [0.29, 0.717) is 33.8 Å². The zero-order chi connectivity index (χ0) is 27.7. The molecule has 0 aliphatic heterocycles. The lowest BCUT2D eigenvalue weighted by molar-refractivity contribution is -0.00178. The number of carbonyl (C=O) groups excluding carboxylic acids is 1. The third kappa shape index (κ3) is 6.13. The van der Waals surface area contributed by atoms with E-state index in [-0.39, 0.29) is 18.7 Å². The number of fused-ring (bicyclic) bond motifs is 1. The van der Waals surface area contributed by atoms with Crippen molar-refractivity contribution in [2.75, 3.05) is 11.9 Å². The molecule has 0 aliphatic carbocycles. The molecule has 1 amide bonds. The number of nitrogens with one attached hydrogen (secondary N) is 2. The van der Waals surface area contributed by atoms with E-state index in [1.54, 1.807) is 59.7 Å².